The predicted octanol–water partition coefficient (Wildman–Crippen LogP) is 4.92. The fraction of sp³-hybridized carbons (Fsp3) is 0.381. The van der Waals surface area contributed by atoms with E-state index >= 15 is 0 Å². The van der Waals surface area contributed by atoms with E-state index in [1.54, 1.807) is 0 Å². The molecule has 0 saturated carbocycles. The molecule has 0 atom stereocenters. The van der Waals surface area contributed by atoms with Crippen LogP contribution in [0.3, 0.4) is 0 Å². The lowest BCUT2D eigenvalue weighted by Crippen LogP contribution is -2.25. The van der Waals surface area contributed by atoms with Gasteiger partial charge in [-0.1, -0.05) is 73.0 Å². The third-order valence-corrected chi connectivity index (χ3v) is 4.40. The number of rotatable bonds is 11. The van der Waals surface area contributed by atoms with Gasteiger partial charge in [-0.2, -0.15) is 0 Å². The van der Waals surface area contributed by atoms with Crippen molar-refractivity contribution in [1.82, 2.24) is 10.6 Å². The monoisotopic (exact) mass is 374 g/mol. The molecule has 2 aromatic rings. The summed E-state index contributed by atoms with van der Waals surface area (Å²) in [4.78, 5) is 11.6. The molecular weight excluding hydrogens is 348 g/mol. The van der Waals surface area contributed by atoms with Gasteiger partial charge in [0.1, 0.15) is 6.61 Å². The molecule has 0 saturated heterocycles. The first-order valence-corrected chi connectivity index (χ1v) is 9.52. The molecule has 0 unspecified atom stereocenters. The summed E-state index contributed by atoms with van der Waals surface area (Å²) in [6.45, 7) is 2.73. The van der Waals surface area contributed by atoms with E-state index in [-0.39, 0.29) is 6.09 Å². The molecule has 0 spiro atoms. The van der Waals surface area contributed by atoms with Crippen LogP contribution in [-0.2, 0) is 17.9 Å². The third-order valence-electron chi connectivity index (χ3n) is 4.04. The lowest BCUT2D eigenvalue weighted by Gasteiger charge is -2.08. The molecule has 0 aromatic heterocycles. The molecule has 1 amide bonds. The molecule has 0 heterocycles. The number of alkyl carbamates (subject to hydrolysis) is 1. The van der Waals surface area contributed by atoms with E-state index in [0.29, 0.717) is 13.2 Å². The summed E-state index contributed by atoms with van der Waals surface area (Å²) in [7, 11) is 0. The van der Waals surface area contributed by atoms with Crippen LogP contribution < -0.4 is 10.6 Å². The van der Waals surface area contributed by atoms with Crippen LogP contribution in [0.2, 0.25) is 5.02 Å². The molecule has 2 rings (SSSR count). The van der Waals surface area contributed by atoms with E-state index in [4.69, 9.17) is 16.3 Å². The van der Waals surface area contributed by atoms with Crippen LogP contribution in [0.25, 0.3) is 0 Å². The molecule has 0 aliphatic carbocycles. The van der Waals surface area contributed by atoms with Crippen molar-refractivity contribution in [3.8, 4) is 0 Å². The molecule has 0 aliphatic rings. The van der Waals surface area contributed by atoms with Crippen LogP contribution in [0, 0.1) is 0 Å². The molecule has 140 valence electrons. The summed E-state index contributed by atoms with van der Waals surface area (Å²) < 4.78 is 5.17. The Morgan fingerprint density at radius 2 is 1.58 bits per heavy atom. The molecule has 0 bridgehead atoms. The summed E-state index contributed by atoms with van der Waals surface area (Å²) in [5, 5.41) is 7.01. The Bertz CT molecular complexity index is 649. The molecule has 2 N–H and O–H groups in total. The van der Waals surface area contributed by atoms with Crippen molar-refractivity contribution < 1.29 is 9.53 Å². The highest BCUT2D eigenvalue weighted by Gasteiger charge is 2.01. The van der Waals surface area contributed by atoms with E-state index in [2.05, 4.69) is 10.6 Å². The number of unbranched alkanes of at least 4 members (excludes halogenated alkanes) is 3. The maximum Gasteiger partial charge on any atom is 0.407 e. The van der Waals surface area contributed by atoms with Gasteiger partial charge >= 0.3 is 6.09 Å². The topological polar surface area (TPSA) is 50.4 Å². The third kappa shape index (κ3) is 8.37. The Kier molecular flexibility index (Phi) is 9.62. The Morgan fingerprint density at radius 1 is 0.885 bits per heavy atom. The lowest BCUT2D eigenvalue weighted by atomic mass is 10.2. The number of amides is 1. The summed E-state index contributed by atoms with van der Waals surface area (Å²) >= 11 is 6.12. The normalized spacial score (nSPS) is 10.5. The molecular formula is C21H27ClN2O2. The van der Waals surface area contributed by atoms with Crippen LogP contribution in [0.15, 0.2) is 54.6 Å². The van der Waals surface area contributed by atoms with Crippen LogP contribution in [0.4, 0.5) is 4.79 Å². The van der Waals surface area contributed by atoms with E-state index in [9.17, 15) is 4.79 Å². The molecule has 0 fully saturated rings. The summed E-state index contributed by atoms with van der Waals surface area (Å²) in [6, 6.07) is 17.6. The van der Waals surface area contributed by atoms with E-state index < -0.39 is 0 Å². The Labute approximate surface area is 160 Å². The van der Waals surface area contributed by atoms with Gasteiger partial charge in [0.2, 0.25) is 0 Å². The maximum absolute atomic E-state index is 11.6. The summed E-state index contributed by atoms with van der Waals surface area (Å²) in [6.07, 6.45) is 3.95. The van der Waals surface area contributed by atoms with E-state index in [1.165, 1.54) is 0 Å². The largest absolute Gasteiger partial charge is 0.445 e. The second kappa shape index (κ2) is 12.3. The lowest BCUT2D eigenvalue weighted by molar-refractivity contribution is 0.139. The number of hydrogen-bond donors (Lipinski definition) is 2. The Balaban J connectivity index is 1.41. The number of hydrogen-bond acceptors (Lipinski definition) is 3. The number of nitrogens with one attached hydrogen (secondary N) is 2. The van der Waals surface area contributed by atoms with Gasteiger partial charge in [-0.3, -0.25) is 0 Å². The number of carbonyl (C=O) groups is 1. The molecule has 5 heteroatoms. The minimum atomic E-state index is -0.352. The minimum absolute atomic E-state index is 0.309. The van der Waals surface area contributed by atoms with Crippen LogP contribution >= 0.6 is 11.6 Å². The van der Waals surface area contributed by atoms with Gasteiger partial charge in [0.25, 0.3) is 0 Å². The molecule has 26 heavy (non-hydrogen) atoms. The maximum atomic E-state index is 11.6. The van der Waals surface area contributed by atoms with E-state index in [1.807, 2.05) is 54.6 Å². The van der Waals surface area contributed by atoms with Gasteiger partial charge in [0.05, 0.1) is 0 Å². The van der Waals surface area contributed by atoms with Gasteiger partial charge in [0.15, 0.2) is 0 Å². The first-order chi connectivity index (χ1) is 12.8. The first kappa shape index (κ1) is 20.3. The highest BCUT2D eigenvalue weighted by molar-refractivity contribution is 6.31. The fourth-order valence-electron chi connectivity index (χ4n) is 2.56. The van der Waals surface area contributed by atoms with Crippen molar-refractivity contribution in [3.05, 3.63) is 70.7 Å². The van der Waals surface area contributed by atoms with Crippen molar-refractivity contribution in [2.75, 3.05) is 13.1 Å². The molecule has 4 nitrogen and oxygen atoms in total. The fourth-order valence-corrected chi connectivity index (χ4v) is 2.76. The van der Waals surface area contributed by atoms with Crippen LogP contribution in [-0.4, -0.2) is 19.2 Å². The highest BCUT2D eigenvalue weighted by Crippen LogP contribution is 2.14. The van der Waals surface area contributed by atoms with Gasteiger partial charge in [0, 0.05) is 18.1 Å². The van der Waals surface area contributed by atoms with Crippen LogP contribution in [0.1, 0.15) is 36.8 Å². The standard InChI is InChI=1S/C21H27ClN2O2/c22-20-13-7-6-12-19(20)16-23-14-8-1-2-9-15-24-21(25)26-17-18-10-4-3-5-11-18/h3-7,10-13,23H,1-2,8-9,14-17H2,(H,24,25). The second-order valence-corrected chi connectivity index (χ2v) is 6.58. The Morgan fingerprint density at radius 3 is 2.35 bits per heavy atom. The van der Waals surface area contributed by atoms with Crippen molar-refractivity contribution in [1.29, 1.82) is 0 Å². The second-order valence-electron chi connectivity index (χ2n) is 6.17. The smallest absolute Gasteiger partial charge is 0.407 e. The van der Waals surface area contributed by atoms with Gasteiger partial charge in [-0.25, -0.2) is 4.79 Å². The number of ether oxygens (including phenoxy) is 1. The number of benzene rings is 2. The predicted molar refractivity (Wildman–Crippen MR) is 106 cm³/mol. The Hall–Kier alpha value is -2.04. The number of carbonyl (C=O) groups excluding carboxylic acids is 1. The molecule has 0 aliphatic heterocycles. The zero-order valence-corrected chi connectivity index (χ0v) is 15.8. The molecule has 2 aromatic carbocycles. The van der Waals surface area contributed by atoms with Crippen molar-refractivity contribution >= 4 is 17.7 Å². The summed E-state index contributed by atoms with van der Waals surface area (Å²) in [5.74, 6) is 0. The quantitative estimate of drug-likeness (QED) is 0.549. The highest BCUT2D eigenvalue weighted by atomic mass is 35.5. The van der Waals surface area contributed by atoms with Crippen LogP contribution in [0.5, 0.6) is 0 Å². The average Bonchev–Trinajstić information content (AvgIpc) is 2.67. The van der Waals surface area contributed by atoms with Gasteiger partial charge in [-0.15, -0.1) is 0 Å². The van der Waals surface area contributed by atoms with Crippen molar-refractivity contribution in [2.24, 2.45) is 0 Å². The van der Waals surface area contributed by atoms with Gasteiger partial charge < -0.3 is 15.4 Å². The minimum Gasteiger partial charge on any atom is -0.445 e. The zero-order chi connectivity index (χ0) is 18.5. The zero-order valence-electron chi connectivity index (χ0n) is 15.0. The SMILES string of the molecule is O=C(NCCCCCCNCc1ccccc1Cl)OCc1ccccc1. The summed E-state index contributed by atoms with van der Waals surface area (Å²) in [5.41, 5.74) is 2.12. The number of halogens is 1. The van der Waals surface area contributed by atoms with Gasteiger partial charge in [-0.05, 0) is 36.6 Å². The molecule has 0 radical (unpaired) electrons. The van der Waals surface area contributed by atoms with Crippen molar-refractivity contribution in [3.63, 3.8) is 0 Å². The first-order valence-electron chi connectivity index (χ1n) is 9.14. The average molecular weight is 375 g/mol. The van der Waals surface area contributed by atoms with Crippen molar-refractivity contribution in [2.45, 2.75) is 38.8 Å². The van der Waals surface area contributed by atoms with E-state index in [0.717, 1.165) is 54.9 Å².